The summed E-state index contributed by atoms with van der Waals surface area (Å²) in [4.78, 5) is 25.5. The molecule has 1 aromatic carbocycles. The number of rotatable bonds is 3. The highest BCUT2D eigenvalue weighted by atomic mass is 16.5. The molecule has 0 aromatic heterocycles. The fourth-order valence-corrected chi connectivity index (χ4v) is 2.48. The summed E-state index contributed by atoms with van der Waals surface area (Å²) in [5.41, 5.74) is 1.59. The molecule has 1 fully saturated rings. The highest BCUT2D eigenvalue weighted by Gasteiger charge is 2.36. The van der Waals surface area contributed by atoms with Crippen LogP contribution in [0.1, 0.15) is 27.2 Å². The van der Waals surface area contributed by atoms with Gasteiger partial charge in [0, 0.05) is 18.5 Å². The quantitative estimate of drug-likeness (QED) is 0.869. The van der Waals surface area contributed by atoms with Gasteiger partial charge in [-0.1, -0.05) is 12.1 Å². The maximum atomic E-state index is 12.2. The van der Waals surface area contributed by atoms with Crippen LogP contribution in [0.2, 0.25) is 0 Å². The Bertz CT molecular complexity index is 549. The van der Waals surface area contributed by atoms with Gasteiger partial charge in [0.05, 0.1) is 24.4 Å². The van der Waals surface area contributed by atoms with Crippen LogP contribution in [-0.2, 0) is 14.3 Å². The average Bonchev–Trinajstić information content (AvgIpc) is 2.79. The van der Waals surface area contributed by atoms with Crippen LogP contribution >= 0.6 is 0 Å². The van der Waals surface area contributed by atoms with Gasteiger partial charge in [-0.3, -0.25) is 9.59 Å². The van der Waals surface area contributed by atoms with Gasteiger partial charge in [-0.2, -0.15) is 0 Å². The SMILES string of the molecule is COC(=O)C1CC(=O)N(c2ccccc2NC(C)(C)C)C1. The van der Waals surface area contributed by atoms with Gasteiger partial charge >= 0.3 is 5.97 Å². The summed E-state index contributed by atoms with van der Waals surface area (Å²) >= 11 is 0. The molecule has 5 nitrogen and oxygen atoms in total. The molecular formula is C16H22N2O3. The van der Waals surface area contributed by atoms with Crippen molar-refractivity contribution in [2.24, 2.45) is 5.92 Å². The van der Waals surface area contributed by atoms with Crippen molar-refractivity contribution < 1.29 is 14.3 Å². The summed E-state index contributed by atoms with van der Waals surface area (Å²) in [5.74, 6) is -0.758. The fraction of sp³-hybridized carbons (Fsp3) is 0.500. The number of hydrogen-bond donors (Lipinski definition) is 1. The standard InChI is InChI=1S/C16H22N2O3/c1-16(2,3)17-12-7-5-6-8-13(12)18-10-11(9-14(18)19)15(20)21-4/h5-8,11,17H,9-10H2,1-4H3. The monoisotopic (exact) mass is 290 g/mol. The van der Waals surface area contributed by atoms with E-state index in [0.717, 1.165) is 11.4 Å². The molecule has 1 N–H and O–H groups in total. The lowest BCUT2D eigenvalue weighted by atomic mass is 10.1. The van der Waals surface area contributed by atoms with Crippen molar-refractivity contribution in [1.29, 1.82) is 0 Å². The van der Waals surface area contributed by atoms with E-state index in [2.05, 4.69) is 26.1 Å². The first kappa shape index (κ1) is 15.4. The molecule has 0 aliphatic carbocycles. The largest absolute Gasteiger partial charge is 0.469 e. The minimum Gasteiger partial charge on any atom is -0.469 e. The molecule has 1 aromatic rings. The Kier molecular flexibility index (Phi) is 4.21. The van der Waals surface area contributed by atoms with E-state index in [4.69, 9.17) is 4.74 Å². The van der Waals surface area contributed by atoms with Crippen LogP contribution in [0.4, 0.5) is 11.4 Å². The summed E-state index contributed by atoms with van der Waals surface area (Å²) in [7, 11) is 1.35. The summed E-state index contributed by atoms with van der Waals surface area (Å²) in [6, 6.07) is 7.66. The smallest absolute Gasteiger partial charge is 0.311 e. The lowest BCUT2D eigenvalue weighted by Gasteiger charge is -2.27. The van der Waals surface area contributed by atoms with Gasteiger partial charge in [0.1, 0.15) is 0 Å². The van der Waals surface area contributed by atoms with Crippen LogP contribution in [0.3, 0.4) is 0 Å². The molecule has 1 heterocycles. The summed E-state index contributed by atoms with van der Waals surface area (Å²) in [5, 5.41) is 3.40. The second-order valence-corrected chi connectivity index (χ2v) is 6.32. The van der Waals surface area contributed by atoms with Crippen molar-refractivity contribution in [3.63, 3.8) is 0 Å². The molecule has 1 saturated heterocycles. The third kappa shape index (κ3) is 3.54. The molecule has 1 aliphatic heterocycles. The predicted octanol–water partition coefficient (Wildman–Crippen LogP) is 2.42. The Hall–Kier alpha value is -2.04. The Morgan fingerprint density at radius 3 is 2.62 bits per heavy atom. The second kappa shape index (κ2) is 5.76. The van der Waals surface area contributed by atoms with E-state index >= 15 is 0 Å². The molecule has 1 aliphatic rings. The van der Waals surface area contributed by atoms with Gasteiger partial charge in [0.2, 0.25) is 5.91 Å². The summed E-state index contributed by atoms with van der Waals surface area (Å²) in [6.07, 6.45) is 0.205. The number of methoxy groups -OCH3 is 1. The number of carbonyl (C=O) groups is 2. The molecule has 0 bridgehead atoms. The van der Waals surface area contributed by atoms with Crippen molar-refractivity contribution >= 4 is 23.3 Å². The Morgan fingerprint density at radius 2 is 2.00 bits per heavy atom. The predicted molar refractivity (Wildman–Crippen MR) is 82.3 cm³/mol. The van der Waals surface area contributed by atoms with E-state index in [-0.39, 0.29) is 29.8 Å². The molecule has 0 saturated carbocycles. The normalized spacial score (nSPS) is 18.8. The van der Waals surface area contributed by atoms with Crippen molar-refractivity contribution in [3.8, 4) is 0 Å². The molecule has 2 rings (SSSR count). The minimum atomic E-state index is -0.384. The van der Waals surface area contributed by atoms with E-state index in [9.17, 15) is 9.59 Å². The number of benzene rings is 1. The number of nitrogens with one attached hydrogen (secondary N) is 1. The van der Waals surface area contributed by atoms with E-state index in [1.807, 2.05) is 24.3 Å². The first-order valence-electron chi connectivity index (χ1n) is 7.07. The number of carbonyl (C=O) groups excluding carboxylic acids is 2. The number of esters is 1. The van der Waals surface area contributed by atoms with Crippen molar-refractivity contribution in [2.45, 2.75) is 32.7 Å². The molecule has 5 heteroatoms. The lowest BCUT2D eigenvalue weighted by Crippen LogP contribution is -2.30. The zero-order chi connectivity index (χ0) is 15.6. The zero-order valence-electron chi connectivity index (χ0n) is 13.0. The second-order valence-electron chi connectivity index (χ2n) is 6.32. The molecule has 114 valence electrons. The molecule has 21 heavy (non-hydrogen) atoms. The summed E-state index contributed by atoms with van der Waals surface area (Å²) < 4.78 is 4.74. The van der Waals surface area contributed by atoms with Gasteiger partial charge in [-0.15, -0.1) is 0 Å². The molecule has 1 amide bonds. The number of ether oxygens (including phenoxy) is 1. The van der Waals surface area contributed by atoms with Gasteiger partial charge in [0.25, 0.3) is 0 Å². The number of anilines is 2. The van der Waals surface area contributed by atoms with Crippen LogP contribution in [0.15, 0.2) is 24.3 Å². The fourth-order valence-electron chi connectivity index (χ4n) is 2.48. The Labute approximate surface area is 125 Å². The number of hydrogen-bond acceptors (Lipinski definition) is 4. The highest BCUT2D eigenvalue weighted by molar-refractivity contribution is 6.01. The van der Waals surface area contributed by atoms with Crippen LogP contribution in [0.25, 0.3) is 0 Å². The van der Waals surface area contributed by atoms with Gasteiger partial charge in [0.15, 0.2) is 0 Å². The van der Waals surface area contributed by atoms with Gasteiger partial charge in [-0.05, 0) is 32.9 Å². The van der Waals surface area contributed by atoms with Gasteiger partial charge in [-0.25, -0.2) is 0 Å². The van der Waals surface area contributed by atoms with Crippen molar-refractivity contribution in [3.05, 3.63) is 24.3 Å². The van der Waals surface area contributed by atoms with E-state index in [1.165, 1.54) is 7.11 Å². The maximum Gasteiger partial charge on any atom is 0.311 e. The van der Waals surface area contributed by atoms with E-state index in [0.29, 0.717) is 6.54 Å². The van der Waals surface area contributed by atoms with Crippen LogP contribution in [0, 0.1) is 5.92 Å². The number of amides is 1. The first-order chi connectivity index (χ1) is 9.81. The first-order valence-corrected chi connectivity index (χ1v) is 7.07. The Morgan fingerprint density at radius 1 is 1.33 bits per heavy atom. The van der Waals surface area contributed by atoms with Crippen LogP contribution < -0.4 is 10.2 Å². The lowest BCUT2D eigenvalue weighted by molar-refractivity contribution is -0.145. The molecular weight excluding hydrogens is 268 g/mol. The van der Waals surface area contributed by atoms with Crippen LogP contribution in [-0.4, -0.2) is 31.1 Å². The average molecular weight is 290 g/mol. The third-order valence-corrected chi connectivity index (χ3v) is 3.36. The third-order valence-electron chi connectivity index (χ3n) is 3.36. The molecule has 1 unspecified atom stereocenters. The molecule has 1 atom stereocenters. The molecule has 0 radical (unpaired) electrons. The topological polar surface area (TPSA) is 58.6 Å². The summed E-state index contributed by atoms with van der Waals surface area (Å²) in [6.45, 7) is 6.56. The number of para-hydroxylation sites is 2. The van der Waals surface area contributed by atoms with E-state index < -0.39 is 0 Å². The maximum absolute atomic E-state index is 12.2. The van der Waals surface area contributed by atoms with Crippen molar-refractivity contribution in [2.75, 3.05) is 23.9 Å². The zero-order valence-corrected chi connectivity index (χ0v) is 13.0. The van der Waals surface area contributed by atoms with Crippen molar-refractivity contribution in [1.82, 2.24) is 0 Å². The minimum absolute atomic E-state index is 0.0476. The Balaban J connectivity index is 2.26. The van der Waals surface area contributed by atoms with Gasteiger partial charge < -0.3 is 15.0 Å². The van der Waals surface area contributed by atoms with E-state index in [1.54, 1.807) is 4.90 Å². The number of nitrogens with zero attached hydrogens (tertiary/aromatic N) is 1. The van der Waals surface area contributed by atoms with Crippen LogP contribution in [0.5, 0.6) is 0 Å². The highest BCUT2D eigenvalue weighted by Crippen LogP contribution is 2.33. The molecule has 0 spiro atoms.